The third-order valence-corrected chi connectivity index (χ3v) is 3.94. The predicted molar refractivity (Wildman–Crippen MR) is 66.9 cm³/mol. The Morgan fingerprint density at radius 3 is 1.82 bits per heavy atom. The topological polar surface area (TPSA) is 74.6 Å². The van der Waals surface area contributed by atoms with Crippen LogP contribution in [0.2, 0.25) is 0 Å². The van der Waals surface area contributed by atoms with Crippen LogP contribution < -0.4 is 0 Å². The highest BCUT2D eigenvalue weighted by Gasteiger charge is 2.25. The number of benzene rings is 1. The van der Waals surface area contributed by atoms with Gasteiger partial charge in [0.1, 0.15) is 0 Å². The predicted octanol–water partition coefficient (Wildman–Crippen LogP) is 3.18. The van der Waals surface area contributed by atoms with Crippen LogP contribution in [0.1, 0.15) is 45.0 Å². The molecule has 0 spiro atoms. The van der Waals surface area contributed by atoms with Crippen LogP contribution in [0.25, 0.3) is 0 Å². The smallest absolute Gasteiger partial charge is 0.336 e. The number of carboxylic acids is 2. The molecule has 0 aromatic heterocycles. The quantitative estimate of drug-likeness (QED) is 0.838. The van der Waals surface area contributed by atoms with E-state index in [-0.39, 0.29) is 21.9 Å². The molecule has 1 aromatic rings. The third-order valence-electron chi connectivity index (χ3n) is 2.43. The number of aromatic carboxylic acids is 2. The Labute approximate surface area is 107 Å². The van der Waals surface area contributed by atoms with Gasteiger partial charge in [0.05, 0.1) is 11.1 Å². The summed E-state index contributed by atoms with van der Waals surface area (Å²) < 4.78 is 0. The van der Waals surface area contributed by atoms with Gasteiger partial charge in [-0.25, -0.2) is 9.59 Å². The second-order valence-electron chi connectivity index (χ2n) is 4.02. The highest BCUT2D eigenvalue weighted by atomic mass is 79.9. The Bertz CT molecular complexity index is 422. The molecule has 0 fully saturated rings. The summed E-state index contributed by atoms with van der Waals surface area (Å²) in [4.78, 5) is 21.9. The lowest BCUT2D eigenvalue weighted by atomic mass is 9.93. The van der Waals surface area contributed by atoms with Crippen LogP contribution >= 0.6 is 15.9 Å². The molecule has 0 aliphatic carbocycles. The summed E-state index contributed by atoms with van der Waals surface area (Å²) in [6.07, 6.45) is 0. The molecular weight excluding hydrogens is 288 g/mol. The summed E-state index contributed by atoms with van der Waals surface area (Å²) in [6.45, 7) is 3.79. The van der Waals surface area contributed by atoms with E-state index in [0.29, 0.717) is 5.56 Å². The first-order valence-corrected chi connectivity index (χ1v) is 6.01. The van der Waals surface area contributed by atoms with Crippen molar-refractivity contribution in [2.75, 3.05) is 0 Å². The van der Waals surface area contributed by atoms with E-state index in [1.165, 1.54) is 18.2 Å². The first kappa shape index (κ1) is 13.7. The molecular formula is C12H13BrO4. The minimum Gasteiger partial charge on any atom is -0.478 e. The molecule has 1 atom stereocenters. The SMILES string of the molecule is CC(C)C(Br)c1c(C(=O)O)cccc1C(=O)O. The van der Waals surface area contributed by atoms with Gasteiger partial charge < -0.3 is 10.2 Å². The molecule has 0 heterocycles. The van der Waals surface area contributed by atoms with E-state index in [2.05, 4.69) is 15.9 Å². The highest BCUT2D eigenvalue weighted by Crippen LogP contribution is 2.35. The van der Waals surface area contributed by atoms with Crippen molar-refractivity contribution in [1.82, 2.24) is 0 Å². The summed E-state index contributed by atoms with van der Waals surface area (Å²) >= 11 is 3.36. The Morgan fingerprint density at radius 2 is 1.53 bits per heavy atom. The first-order chi connectivity index (χ1) is 7.86. The highest BCUT2D eigenvalue weighted by molar-refractivity contribution is 9.09. The Kier molecular flexibility index (Phi) is 4.28. The molecule has 1 rings (SSSR count). The Morgan fingerprint density at radius 1 is 1.12 bits per heavy atom. The number of rotatable bonds is 4. The second-order valence-corrected chi connectivity index (χ2v) is 5.01. The van der Waals surface area contributed by atoms with Crippen LogP contribution in [0.4, 0.5) is 0 Å². The van der Waals surface area contributed by atoms with Crippen molar-refractivity contribution in [3.63, 3.8) is 0 Å². The average Bonchev–Trinajstić information content (AvgIpc) is 2.26. The van der Waals surface area contributed by atoms with Gasteiger partial charge in [0, 0.05) is 4.83 Å². The number of carboxylic acid groups (broad SMARTS) is 2. The standard InChI is InChI=1S/C12H13BrO4/c1-6(2)10(13)9-7(11(14)15)4-3-5-8(9)12(16)17/h3-6,10H,1-2H3,(H,14,15)(H,16,17). The van der Waals surface area contributed by atoms with Gasteiger partial charge in [-0.05, 0) is 23.6 Å². The van der Waals surface area contributed by atoms with E-state index in [9.17, 15) is 9.59 Å². The van der Waals surface area contributed by atoms with Gasteiger partial charge in [-0.15, -0.1) is 0 Å². The lowest BCUT2D eigenvalue weighted by molar-refractivity contribution is 0.0695. The summed E-state index contributed by atoms with van der Waals surface area (Å²) in [6, 6.07) is 4.28. The molecule has 5 heteroatoms. The van der Waals surface area contributed by atoms with E-state index in [1.807, 2.05) is 13.8 Å². The fourth-order valence-corrected chi connectivity index (χ4v) is 2.06. The number of carbonyl (C=O) groups is 2. The van der Waals surface area contributed by atoms with Gasteiger partial charge in [-0.2, -0.15) is 0 Å². The monoisotopic (exact) mass is 300 g/mol. The maximum absolute atomic E-state index is 11.1. The summed E-state index contributed by atoms with van der Waals surface area (Å²) in [5.74, 6) is -2.14. The van der Waals surface area contributed by atoms with Crippen molar-refractivity contribution < 1.29 is 19.8 Å². The van der Waals surface area contributed by atoms with Crippen LogP contribution in [0.3, 0.4) is 0 Å². The van der Waals surface area contributed by atoms with Crippen molar-refractivity contribution in [3.8, 4) is 0 Å². The fourth-order valence-electron chi connectivity index (χ4n) is 1.57. The minimum absolute atomic E-state index is 0.0282. The molecule has 2 N–H and O–H groups in total. The molecule has 0 aliphatic rings. The van der Waals surface area contributed by atoms with Crippen LogP contribution in [-0.2, 0) is 0 Å². The minimum atomic E-state index is -1.12. The largest absolute Gasteiger partial charge is 0.478 e. The van der Waals surface area contributed by atoms with Gasteiger partial charge in [0.25, 0.3) is 0 Å². The van der Waals surface area contributed by atoms with E-state index >= 15 is 0 Å². The first-order valence-electron chi connectivity index (χ1n) is 5.09. The lowest BCUT2D eigenvalue weighted by Gasteiger charge is -2.18. The molecule has 4 nitrogen and oxygen atoms in total. The molecule has 1 unspecified atom stereocenters. The van der Waals surface area contributed by atoms with Crippen LogP contribution in [0, 0.1) is 5.92 Å². The Balaban J connectivity index is 3.49. The number of hydrogen-bond donors (Lipinski definition) is 2. The van der Waals surface area contributed by atoms with Crippen molar-refractivity contribution in [3.05, 3.63) is 34.9 Å². The zero-order chi connectivity index (χ0) is 13.2. The molecule has 0 amide bonds. The molecule has 0 radical (unpaired) electrons. The maximum atomic E-state index is 11.1. The maximum Gasteiger partial charge on any atom is 0.336 e. The summed E-state index contributed by atoms with van der Waals surface area (Å²) in [7, 11) is 0. The molecule has 0 saturated heterocycles. The molecule has 0 aliphatic heterocycles. The number of alkyl halides is 1. The summed E-state index contributed by atoms with van der Waals surface area (Å²) in [5.41, 5.74) is 0.378. The van der Waals surface area contributed by atoms with E-state index in [0.717, 1.165) is 0 Å². The number of hydrogen-bond acceptors (Lipinski definition) is 2. The van der Waals surface area contributed by atoms with Gasteiger partial charge in [0.15, 0.2) is 0 Å². The Hall–Kier alpha value is -1.36. The van der Waals surface area contributed by atoms with Crippen LogP contribution in [-0.4, -0.2) is 22.2 Å². The third kappa shape index (κ3) is 2.85. The fraction of sp³-hybridized carbons (Fsp3) is 0.333. The molecule has 0 bridgehead atoms. The molecule has 1 aromatic carbocycles. The normalized spacial score (nSPS) is 12.5. The second kappa shape index (κ2) is 5.31. The van der Waals surface area contributed by atoms with Crippen molar-refractivity contribution >= 4 is 27.9 Å². The average molecular weight is 301 g/mol. The van der Waals surface area contributed by atoms with E-state index < -0.39 is 11.9 Å². The zero-order valence-electron chi connectivity index (χ0n) is 9.48. The van der Waals surface area contributed by atoms with Gasteiger partial charge in [-0.1, -0.05) is 35.8 Å². The van der Waals surface area contributed by atoms with Crippen LogP contribution in [0.5, 0.6) is 0 Å². The van der Waals surface area contributed by atoms with Crippen LogP contribution in [0.15, 0.2) is 18.2 Å². The zero-order valence-corrected chi connectivity index (χ0v) is 11.1. The van der Waals surface area contributed by atoms with Crippen molar-refractivity contribution in [1.29, 1.82) is 0 Å². The van der Waals surface area contributed by atoms with Gasteiger partial charge >= 0.3 is 11.9 Å². The van der Waals surface area contributed by atoms with Gasteiger partial charge in [-0.3, -0.25) is 0 Å². The number of halogens is 1. The molecule has 0 saturated carbocycles. The van der Waals surface area contributed by atoms with E-state index in [4.69, 9.17) is 10.2 Å². The molecule has 17 heavy (non-hydrogen) atoms. The van der Waals surface area contributed by atoms with E-state index in [1.54, 1.807) is 0 Å². The summed E-state index contributed by atoms with van der Waals surface area (Å²) in [5, 5.41) is 18.2. The van der Waals surface area contributed by atoms with Crippen molar-refractivity contribution in [2.45, 2.75) is 18.7 Å². The molecule has 92 valence electrons. The van der Waals surface area contributed by atoms with Gasteiger partial charge in [0.2, 0.25) is 0 Å². The van der Waals surface area contributed by atoms with Crippen molar-refractivity contribution in [2.24, 2.45) is 5.92 Å². The lowest BCUT2D eigenvalue weighted by Crippen LogP contribution is -2.13.